The number of aliphatic hydroxyl groups excluding tert-OH is 1. The van der Waals surface area contributed by atoms with E-state index in [0.29, 0.717) is 6.54 Å². The third-order valence-electron chi connectivity index (χ3n) is 4.31. The van der Waals surface area contributed by atoms with E-state index in [1.54, 1.807) is 0 Å². The van der Waals surface area contributed by atoms with Crippen LogP contribution in [-0.4, -0.2) is 22.7 Å². The number of nitrogens with one attached hydrogen (secondary N) is 1. The second-order valence-corrected chi connectivity index (χ2v) is 7.16. The number of benzene rings is 1. The lowest BCUT2D eigenvalue weighted by atomic mass is 9.80. The van der Waals surface area contributed by atoms with E-state index in [1.165, 1.54) is 5.56 Å². The van der Waals surface area contributed by atoms with E-state index in [4.69, 9.17) is 0 Å². The zero-order chi connectivity index (χ0) is 16.9. The molecule has 0 saturated heterocycles. The Kier molecular flexibility index (Phi) is 5.91. The number of hydrogen-bond donors (Lipinski definition) is 2. The average Bonchev–Trinajstić information content (AvgIpc) is 2.56. The highest BCUT2D eigenvalue weighted by Gasteiger charge is 2.31. The lowest BCUT2D eigenvalue weighted by molar-refractivity contribution is 0.0126. The van der Waals surface area contributed by atoms with Crippen LogP contribution in [0.25, 0.3) is 0 Å². The van der Waals surface area contributed by atoms with Gasteiger partial charge in [0.25, 0.3) is 0 Å². The number of nitrogens with zero attached hydrogens (tertiary/aromatic N) is 1. The van der Waals surface area contributed by atoms with Crippen molar-refractivity contribution in [3.63, 3.8) is 0 Å². The summed E-state index contributed by atoms with van der Waals surface area (Å²) >= 11 is 0. The van der Waals surface area contributed by atoms with Crippen molar-refractivity contribution in [3.8, 4) is 0 Å². The van der Waals surface area contributed by atoms with Crippen molar-refractivity contribution in [1.29, 1.82) is 0 Å². The van der Waals surface area contributed by atoms with Crippen LogP contribution in [0.15, 0.2) is 54.7 Å². The second-order valence-electron chi connectivity index (χ2n) is 7.16. The molecule has 1 aromatic carbocycles. The van der Waals surface area contributed by atoms with Gasteiger partial charge in [-0.1, -0.05) is 64.1 Å². The number of hydrogen-bond acceptors (Lipinski definition) is 3. The summed E-state index contributed by atoms with van der Waals surface area (Å²) in [5.74, 6) is 0.233. The molecule has 0 bridgehead atoms. The van der Waals surface area contributed by atoms with Gasteiger partial charge in [-0.15, -0.1) is 0 Å². The number of aromatic nitrogens is 1. The standard InChI is InChI=1S/C20H28N2O/c1-15(2)19(23)20(3,4)14-22-18(16-10-6-5-7-11-16)17-12-8-9-13-21-17/h5-13,15,18-19,22-23H,14H2,1-4H3. The molecule has 0 fully saturated rings. The lowest BCUT2D eigenvalue weighted by Gasteiger charge is -2.35. The van der Waals surface area contributed by atoms with Gasteiger partial charge in [0.2, 0.25) is 0 Å². The van der Waals surface area contributed by atoms with Crippen LogP contribution in [0.1, 0.15) is 45.0 Å². The molecule has 0 radical (unpaired) electrons. The Hall–Kier alpha value is -1.71. The van der Waals surface area contributed by atoms with Gasteiger partial charge in [0.1, 0.15) is 0 Å². The first-order valence-corrected chi connectivity index (χ1v) is 8.29. The largest absolute Gasteiger partial charge is 0.392 e. The molecular weight excluding hydrogens is 284 g/mol. The molecule has 1 heterocycles. The topological polar surface area (TPSA) is 45.1 Å². The van der Waals surface area contributed by atoms with Crippen LogP contribution in [0.3, 0.4) is 0 Å². The van der Waals surface area contributed by atoms with Crippen molar-refractivity contribution in [2.45, 2.75) is 39.8 Å². The van der Waals surface area contributed by atoms with E-state index in [9.17, 15) is 5.11 Å². The lowest BCUT2D eigenvalue weighted by Crippen LogP contribution is -2.43. The zero-order valence-electron chi connectivity index (χ0n) is 14.5. The Bertz CT molecular complexity index is 542. The van der Waals surface area contributed by atoms with E-state index in [1.807, 2.05) is 42.6 Å². The Morgan fingerprint density at radius 1 is 1.04 bits per heavy atom. The molecule has 0 spiro atoms. The number of pyridine rings is 1. The molecule has 23 heavy (non-hydrogen) atoms. The van der Waals surface area contributed by atoms with Crippen LogP contribution in [0.4, 0.5) is 0 Å². The van der Waals surface area contributed by atoms with E-state index < -0.39 is 0 Å². The minimum Gasteiger partial charge on any atom is -0.392 e. The van der Waals surface area contributed by atoms with Crippen LogP contribution < -0.4 is 5.32 Å². The molecule has 3 nitrogen and oxygen atoms in total. The van der Waals surface area contributed by atoms with E-state index in [-0.39, 0.29) is 23.5 Å². The Morgan fingerprint density at radius 2 is 1.70 bits per heavy atom. The zero-order valence-corrected chi connectivity index (χ0v) is 14.5. The highest BCUT2D eigenvalue weighted by molar-refractivity contribution is 5.27. The summed E-state index contributed by atoms with van der Waals surface area (Å²) in [5, 5.41) is 14.1. The average molecular weight is 312 g/mol. The Morgan fingerprint density at radius 3 is 2.26 bits per heavy atom. The van der Waals surface area contributed by atoms with Gasteiger partial charge in [0.05, 0.1) is 17.8 Å². The molecule has 0 aliphatic heterocycles. The van der Waals surface area contributed by atoms with Crippen molar-refractivity contribution < 1.29 is 5.11 Å². The van der Waals surface area contributed by atoms with Gasteiger partial charge < -0.3 is 10.4 Å². The van der Waals surface area contributed by atoms with Gasteiger partial charge in [-0.2, -0.15) is 0 Å². The first kappa shape index (κ1) is 17.6. The monoisotopic (exact) mass is 312 g/mol. The first-order valence-electron chi connectivity index (χ1n) is 8.29. The van der Waals surface area contributed by atoms with Gasteiger partial charge in [0.15, 0.2) is 0 Å². The molecule has 0 aliphatic rings. The third kappa shape index (κ3) is 4.63. The summed E-state index contributed by atoms with van der Waals surface area (Å²) in [6.45, 7) is 9.03. The molecule has 2 N–H and O–H groups in total. The van der Waals surface area contributed by atoms with Crippen molar-refractivity contribution in [2.75, 3.05) is 6.54 Å². The maximum Gasteiger partial charge on any atom is 0.0751 e. The maximum absolute atomic E-state index is 10.5. The number of aliphatic hydroxyl groups is 1. The van der Waals surface area contributed by atoms with Crippen LogP contribution in [-0.2, 0) is 0 Å². The molecule has 1 aromatic heterocycles. The van der Waals surface area contributed by atoms with Crippen molar-refractivity contribution in [2.24, 2.45) is 11.3 Å². The summed E-state index contributed by atoms with van der Waals surface area (Å²) < 4.78 is 0. The Balaban J connectivity index is 2.20. The molecule has 0 aliphatic carbocycles. The van der Waals surface area contributed by atoms with E-state index in [0.717, 1.165) is 5.69 Å². The quantitative estimate of drug-likeness (QED) is 0.817. The first-order chi connectivity index (χ1) is 10.9. The van der Waals surface area contributed by atoms with Gasteiger partial charge in [-0.05, 0) is 23.6 Å². The fourth-order valence-electron chi connectivity index (χ4n) is 2.96. The van der Waals surface area contributed by atoms with E-state index >= 15 is 0 Å². The van der Waals surface area contributed by atoms with Crippen LogP contribution in [0.2, 0.25) is 0 Å². The minimum absolute atomic E-state index is 0.0241. The molecule has 0 saturated carbocycles. The van der Waals surface area contributed by atoms with Crippen molar-refractivity contribution in [3.05, 3.63) is 66.0 Å². The van der Waals surface area contributed by atoms with Crippen molar-refractivity contribution in [1.82, 2.24) is 10.3 Å². The molecule has 3 heteroatoms. The molecule has 2 rings (SSSR count). The van der Waals surface area contributed by atoms with Crippen LogP contribution >= 0.6 is 0 Å². The predicted octanol–water partition coefficient (Wildman–Crippen LogP) is 3.80. The SMILES string of the molecule is CC(C)C(O)C(C)(C)CNC(c1ccccc1)c1ccccn1. The number of rotatable bonds is 7. The molecule has 2 aromatic rings. The van der Waals surface area contributed by atoms with Gasteiger partial charge in [-0.3, -0.25) is 4.98 Å². The normalized spacial score (nSPS) is 14.7. The molecular formula is C20H28N2O. The molecule has 124 valence electrons. The fraction of sp³-hybridized carbons (Fsp3) is 0.450. The maximum atomic E-state index is 10.5. The van der Waals surface area contributed by atoms with Gasteiger partial charge in [-0.25, -0.2) is 0 Å². The second kappa shape index (κ2) is 7.71. The Labute approximate surface area is 139 Å². The molecule has 2 unspecified atom stereocenters. The van der Waals surface area contributed by atoms with E-state index in [2.05, 4.69) is 50.1 Å². The summed E-state index contributed by atoms with van der Waals surface area (Å²) in [7, 11) is 0. The van der Waals surface area contributed by atoms with Crippen LogP contribution in [0.5, 0.6) is 0 Å². The van der Waals surface area contributed by atoms with Gasteiger partial charge in [0, 0.05) is 18.2 Å². The summed E-state index contributed by atoms with van der Waals surface area (Å²) in [4.78, 5) is 4.51. The van der Waals surface area contributed by atoms with Gasteiger partial charge >= 0.3 is 0 Å². The molecule has 2 atom stereocenters. The highest BCUT2D eigenvalue weighted by Crippen LogP contribution is 2.27. The third-order valence-corrected chi connectivity index (χ3v) is 4.31. The smallest absolute Gasteiger partial charge is 0.0751 e. The van der Waals surface area contributed by atoms with Crippen molar-refractivity contribution >= 4 is 0 Å². The summed E-state index contributed by atoms with van der Waals surface area (Å²) in [6.07, 6.45) is 1.47. The fourth-order valence-corrected chi connectivity index (χ4v) is 2.96. The highest BCUT2D eigenvalue weighted by atomic mass is 16.3. The predicted molar refractivity (Wildman–Crippen MR) is 95.2 cm³/mol. The molecule has 0 amide bonds. The summed E-state index contributed by atoms with van der Waals surface area (Å²) in [6, 6.07) is 16.3. The van der Waals surface area contributed by atoms with Crippen LogP contribution in [0, 0.1) is 11.3 Å². The summed E-state index contributed by atoms with van der Waals surface area (Å²) in [5.41, 5.74) is 1.96. The minimum atomic E-state index is -0.352.